The molecule has 122 valence electrons. The van der Waals surface area contributed by atoms with Gasteiger partial charge in [-0.3, -0.25) is 4.79 Å². The Labute approximate surface area is 135 Å². The Morgan fingerprint density at radius 2 is 1.78 bits per heavy atom. The van der Waals surface area contributed by atoms with E-state index in [0.29, 0.717) is 5.41 Å². The van der Waals surface area contributed by atoms with Gasteiger partial charge in [0.1, 0.15) is 0 Å². The molecule has 5 nitrogen and oxygen atoms in total. The second-order valence-electron chi connectivity index (χ2n) is 7.41. The molecule has 23 heavy (non-hydrogen) atoms. The molecule has 3 N–H and O–H groups in total. The van der Waals surface area contributed by atoms with E-state index in [2.05, 4.69) is 10.6 Å². The number of hydrogen-bond donors (Lipinski definition) is 3. The van der Waals surface area contributed by atoms with Gasteiger partial charge >= 0.3 is 5.97 Å². The van der Waals surface area contributed by atoms with Gasteiger partial charge in [0.2, 0.25) is 5.91 Å². The number of benzene rings is 1. The number of carboxylic acids is 1. The van der Waals surface area contributed by atoms with Crippen LogP contribution in [0.15, 0.2) is 24.3 Å². The van der Waals surface area contributed by atoms with Crippen LogP contribution in [-0.2, 0) is 10.3 Å². The van der Waals surface area contributed by atoms with Crippen LogP contribution in [0.4, 0.5) is 0 Å². The second-order valence-corrected chi connectivity index (χ2v) is 7.41. The Morgan fingerprint density at radius 3 is 2.35 bits per heavy atom. The number of carbonyl (C=O) groups is 2. The van der Waals surface area contributed by atoms with Gasteiger partial charge < -0.3 is 15.7 Å². The van der Waals surface area contributed by atoms with Gasteiger partial charge in [-0.15, -0.1) is 0 Å². The summed E-state index contributed by atoms with van der Waals surface area (Å²) in [5, 5.41) is 15.6. The summed E-state index contributed by atoms with van der Waals surface area (Å²) in [7, 11) is 0. The summed E-state index contributed by atoms with van der Waals surface area (Å²) >= 11 is 0. The minimum atomic E-state index is -0.924. The van der Waals surface area contributed by atoms with Gasteiger partial charge in [0.25, 0.3) is 0 Å². The monoisotopic (exact) mass is 314 g/mol. The van der Waals surface area contributed by atoms with E-state index in [0.717, 1.165) is 31.4 Å². The highest BCUT2D eigenvalue weighted by molar-refractivity contribution is 5.87. The Hall–Kier alpha value is -1.88. The highest BCUT2D eigenvalue weighted by Crippen LogP contribution is 2.54. The van der Waals surface area contributed by atoms with Gasteiger partial charge in [0.15, 0.2) is 0 Å². The van der Waals surface area contributed by atoms with Crippen molar-refractivity contribution in [2.24, 2.45) is 5.41 Å². The van der Waals surface area contributed by atoms with E-state index < -0.39 is 5.97 Å². The first-order valence-corrected chi connectivity index (χ1v) is 8.41. The molecule has 3 fully saturated rings. The molecule has 1 aliphatic heterocycles. The molecule has 0 bridgehead atoms. The van der Waals surface area contributed by atoms with Crippen LogP contribution in [0.2, 0.25) is 0 Å². The van der Waals surface area contributed by atoms with E-state index in [4.69, 9.17) is 5.11 Å². The highest BCUT2D eigenvalue weighted by atomic mass is 16.4. The molecule has 0 aromatic heterocycles. The highest BCUT2D eigenvalue weighted by Gasteiger charge is 2.50. The molecule has 3 aliphatic rings. The number of carbonyl (C=O) groups excluding carboxylic acids is 1. The molecule has 2 saturated carbocycles. The van der Waals surface area contributed by atoms with Gasteiger partial charge in [-0.25, -0.2) is 4.79 Å². The van der Waals surface area contributed by atoms with Gasteiger partial charge in [0.05, 0.1) is 17.1 Å². The van der Waals surface area contributed by atoms with Crippen molar-refractivity contribution in [1.82, 2.24) is 10.6 Å². The molecule has 2 aliphatic carbocycles. The van der Waals surface area contributed by atoms with Gasteiger partial charge in [-0.2, -0.15) is 0 Å². The van der Waals surface area contributed by atoms with Gasteiger partial charge in [0, 0.05) is 0 Å². The van der Waals surface area contributed by atoms with Crippen LogP contribution in [-0.4, -0.2) is 29.6 Å². The topological polar surface area (TPSA) is 78.4 Å². The number of hydrogen-bond acceptors (Lipinski definition) is 3. The van der Waals surface area contributed by atoms with E-state index in [1.165, 1.54) is 19.3 Å². The summed E-state index contributed by atoms with van der Waals surface area (Å²) in [6.45, 7) is 0.929. The zero-order chi connectivity index (χ0) is 16.1. The molecule has 1 aromatic carbocycles. The zero-order valence-corrected chi connectivity index (χ0v) is 13.1. The molecule has 1 unspecified atom stereocenters. The van der Waals surface area contributed by atoms with Crippen LogP contribution in [0.25, 0.3) is 0 Å². The Morgan fingerprint density at radius 1 is 1.09 bits per heavy atom. The molecule has 1 amide bonds. The van der Waals surface area contributed by atoms with Crippen molar-refractivity contribution in [3.63, 3.8) is 0 Å². The first kappa shape index (κ1) is 14.7. The maximum atomic E-state index is 12.7. The van der Waals surface area contributed by atoms with Crippen molar-refractivity contribution >= 4 is 11.9 Å². The summed E-state index contributed by atoms with van der Waals surface area (Å²) in [5.74, 6) is -0.831. The summed E-state index contributed by atoms with van der Waals surface area (Å²) in [4.78, 5) is 23.6. The minimum Gasteiger partial charge on any atom is -0.478 e. The van der Waals surface area contributed by atoms with Crippen LogP contribution in [0, 0.1) is 5.41 Å². The third kappa shape index (κ3) is 2.74. The Balaban J connectivity index is 1.45. The predicted molar refractivity (Wildman–Crippen MR) is 85.1 cm³/mol. The fraction of sp³-hybridized carbons (Fsp3) is 0.556. The van der Waals surface area contributed by atoms with E-state index in [1.807, 2.05) is 12.1 Å². The lowest BCUT2D eigenvalue weighted by molar-refractivity contribution is -0.125. The van der Waals surface area contributed by atoms with Crippen molar-refractivity contribution in [3.8, 4) is 0 Å². The number of piperidine rings is 1. The zero-order valence-electron chi connectivity index (χ0n) is 13.1. The number of amides is 1. The molecule has 1 atom stereocenters. The standard InChI is InChI=1S/C18H22N2O3/c21-15(14-11-17(5-6-17)9-10-19-14)20-18(7-8-18)13-3-1-12(2-4-13)16(22)23/h1-4,14,19H,5-11H2,(H,20,21)(H,22,23). The second kappa shape index (κ2) is 5.06. The number of aromatic carboxylic acids is 1. The fourth-order valence-electron chi connectivity index (χ4n) is 3.80. The predicted octanol–water partition coefficient (Wildman–Crippen LogP) is 2.02. The molecule has 0 radical (unpaired) electrons. The summed E-state index contributed by atoms with van der Waals surface area (Å²) in [6, 6.07) is 6.80. The smallest absolute Gasteiger partial charge is 0.335 e. The molecule has 1 saturated heterocycles. The number of nitrogens with one attached hydrogen (secondary N) is 2. The fourth-order valence-corrected chi connectivity index (χ4v) is 3.80. The molecule has 1 aromatic rings. The normalized spacial score (nSPS) is 26.5. The maximum Gasteiger partial charge on any atom is 0.335 e. The molecular formula is C18H22N2O3. The molecule has 1 heterocycles. The average Bonchev–Trinajstić information content (AvgIpc) is 3.47. The SMILES string of the molecule is O=C(O)c1ccc(C2(NC(=O)C3CC4(CCN3)CC4)CC2)cc1. The first-order valence-electron chi connectivity index (χ1n) is 8.41. The van der Waals surface area contributed by atoms with Crippen molar-refractivity contribution in [1.29, 1.82) is 0 Å². The summed E-state index contributed by atoms with van der Waals surface area (Å²) in [5.41, 5.74) is 1.44. The molecule has 5 heteroatoms. The average molecular weight is 314 g/mol. The lowest BCUT2D eigenvalue weighted by atomic mass is 9.89. The van der Waals surface area contributed by atoms with Crippen molar-refractivity contribution < 1.29 is 14.7 Å². The lowest BCUT2D eigenvalue weighted by Crippen LogP contribution is -2.51. The maximum absolute atomic E-state index is 12.7. The van der Waals surface area contributed by atoms with Crippen molar-refractivity contribution in [2.75, 3.05) is 6.54 Å². The van der Waals surface area contributed by atoms with Crippen LogP contribution in [0.1, 0.15) is 54.4 Å². The summed E-state index contributed by atoms with van der Waals surface area (Å²) < 4.78 is 0. The third-order valence-electron chi connectivity index (χ3n) is 5.75. The first-order chi connectivity index (χ1) is 11.0. The van der Waals surface area contributed by atoms with Gasteiger partial charge in [-0.1, -0.05) is 12.1 Å². The van der Waals surface area contributed by atoms with Crippen LogP contribution in [0.5, 0.6) is 0 Å². The Bertz CT molecular complexity index is 645. The molecule has 4 rings (SSSR count). The Kier molecular flexibility index (Phi) is 3.23. The van der Waals surface area contributed by atoms with Crippen molar-refractivity contribution in [3.05, 3.63) is 35.4 Å². The summed E-state index contributed by atoms with van der Waals surface area (Å²) in [6.07, 6.45) is 6.51. The minimum absolute atomic E-state index is 0.0815. The largest absolute Gasteiger partial charge is 0.478 e. The molecule has 1 spiro atoms. The number of rotatable bonds is 4. The van der Waals surface area contributed by atoms with E-state index in [9.17, 15) is 9.59 Å². The third-order valence-corrected chi connectivity index (χ3v) is 5.75. The quantitative estimate of drug-likeness (QED) is 0.794. The lowest BCUT2D eigenvalue weighted by Gasteiger charge is -2.31. The number of carboxylic acid groups (broad SMARTS) is 1. The van der Waals surface area contributed by atoms with E-state index in [1.54, 1.807) is 12.1 Å². The van der Waals surface area contributed by atoms with E-state index in [-0.39, 0.29) is 23.1 Å². The van der Waals surface area contributed by atoms with Gasteiger partial charge in [-0.05, 0) is 68.2 Å². The van der Waals surface area contributed by atoms with Crippen LogP contribution in [0.3, 0.4) is 0 Å². The van der Waals surface area contributed by atoms with Crippen molar-refractivity contribution in [2.45, 2.75) is 50.1 Å². The van der Waals surface area contributed by atoms with E-state index >= 15 is 0 Å². The van der Waals surface area contributed by atoms with Crippen LogP contribution >= 0.6 is 0 Å². The van der Waals surface area contributed by atoms with Crippen LogP contribution < -0.4 is 10.6 Å². The molecular weight excluding hydrogens is 292 g/mol.